The number of hydrogen-bond acceptors (Lipinski definition) is 5. The Bertz CT molecular complexity index is 622. The molecule has 0 aliphatic rings. The second-order valence-corrected chi connectivity index (χ2v) is 10.2. The third kappa shape index (κ3) is 17.0. The van der Waals surface area contributed by atoms with Crippen LogP contribution in [0.3, 0.4) is 0 Å². The molecular formula is C27H51N3O5. The molecule has 0 aliphatic carbocycles. The van der Waals surface area contributed by atoms with Gasteiger partial charge in [0.2, 0.25) is 17.7 Å². The van der Waals surface area contributed by atoms with E-state index in [1.807, 2.05) is 27.7 Å². The molecule has 0 aromatic heterocycles. The summed E-state index contributed by atoms with van der Waals surface area (Å²) in [6, 6.07) is -1.58. The summed E-state index contributed by atoms with van der Waals surface area (Å²) < 4.78 is 4.78. The van der Waals surface area contributed by atoms with Gasteiger partial charge in [0, 0.05) is 6.42 Å². The second kappa shape index (κ2) is 20.1. The Morgan fingerprint density at radius 1 is 0.743 bits per heavy atom. The number of esters is 1. The molecule has 0 unspecified atom stereocenters. The molecular weight excluding hydrogens is 446 g/mol. The number of methoxy groups -OCH3 is 1. The first kappa shape index (κ1) is 32.9. The molecule has 0 saturated heterocycles. The van der Waals surface area contributed by atoms with Crippen molar-refractivity contribution in [3.05, 3.63) is 0 Å². The minimum Gasteiger partial charge on any atom is -0.467 e. The van der Waals surface area contributed by atoms with Crippen molar-refractivity contribution in [1.29, 1.82) is 0 Å². The van der Waals surface area contributed by atoms with Crippen molar-refractivity contribution < 1.29 is 23.9 Å². The first-order valence-corrected chi connectivity index (χ1v) is 13.6. The zero-order chi connectivity index (χ0) is 26.6. The van der Waals surface area contributed by atoms with Crippen molar-refractivity contribution in [3.8, 4) is 0 Å². The van der Waals surface area contributed by atoms with Crippen molar-refractivity contribution in [2.45, 2.75) is 124 Å². The maximum atomic E-state index is 12.8. The standard InChI is InChI=1S/C27H51N3O5/c1-7-8-9-10-11-12-13-14-15-16-23(31)28-19-24(32)29-22(18-17-20(2)3)26(33)30-25(21(4)5)27(34)35-6/h20-22,25H,7-19H2,1-6H3,(H,28,31)(H,29,32)(H,30,33)/t22-,25+/m1/s1. The summed E-state index contributed by atoms with van der Waals surface area (Å²) in [6.45, 7) is 9.74. The van der Waals surface area contributed by atoms with Gasteiger partial charge < -0.3 is 20.7 Å². The lowest BCUT2D eigenvalue weighted by Gasteiger charge is -2.24. The number of nitrogens with one attached hydrogen (secondary N) is 3. The summed E-state index contributed by atoms with van der Waals surface area (Å²) in [5.74, 6) is -1.34. The Balaban J connectivity index is 4.47. The number of rotatable bonds is 20. The van der Waals surface area contributed by atoms with Crippen molar-refractivity contribution in [2.24, 2.45) is 11.8 Å². The number of unbranched alkanes of at least 4 members (excludes halogenated alkanes) is 8. The van der Waals surface area contributed by atoms with E-state index < -0.39 is 29.9 Å². The number of carbonyl (C=O) groups is 4. The smallest absolute Gasteiger partial charge is 0.328 e. The lowest BCUT2D eigenvalue weighted by atomic mass is 10.0. The zero-order valence-corrected chi connectivity index (χ0v) is 23.0. The van der Waals surface area contributed by atoms with Gasteiger partial charge in [0.1, 0.15) is 12.1 Å². The molecule has 0 bridgehead atoms. The van der Waals surface area contributed by atoms with Crippen LogP contribution in [0.5, 0.6) is 0 Å². The van der Waals surface area contributed by atoms with E-state index in [1.54, 1.807) is 0 Å². The third-order valence-corrected chi connectivity index (χ3v) is 6.06. The quantitative estimate of drug-likeness (QED) is 0.172. The summed E-state index contributed by atoms with van der Waals surface area (Å²) in [5.41, 5.74) is 0. The van der Waals surface area contributed by atoms with Crippen molar-refractivity contribution in [2.75, 3.05) is 13.7 Å². The van der Waals surface area contributed by atoms with Crippen LogP contribution in [0.15, 0.2) is 0 Å². The first-order valence-electron chi connectivity index (χ1n) is 13.6. The van der Waals surface area contributed by atoms with Gasteiger partial charge in [-0.3, -0.25) is 14.4 Å². The Labute approximate surface area is 213 Å². The van der Waals surface area contributed by atoms with Gasteiger partial charge >= 0.3 is 5.97 Å². The Morgan fingerprint density at radius 3 is 1.83 bits per heavy atom. The van der Waals surface area contributed by atoms with E-state index in [4.69, 9.17) is 4.74 Å². The summed E-state index contributed by atoms with van der Waals surface area (Å²) in [6.07, 6.45) is 12.2. The van der Waals surface area contributed by atoms with E-state index in [2.05, 4.69) is 22.9 Å². The first-order chi connectivity index (χ1) is 16.6. The molecule has 0 fully saturated rings. The van der Waals surface area contributed by atoms with Crippen LogP contribution in [0.1, 0.15) is 112 Å². The molecule has 204 valence electrons. The summed E-state index contributed by atoms with van der Waals surface area (Å²) in [5, 5.41) is 8.07. The molecule has 0 aromatic carbocycles. The highest BCUT2D eigenvalue weighted by atomic mass is 16.5. The summed E-state index contributed by atoms with van der Waals surface area (Å²) >= 11 is 0. The van der Waals surface area contributed by atoms with Crippen LogP contribution in [-0.4, -0.2) is 49.4 Å². The highest BCUT2D eigenvalue weighted by Gasteiger charge is 2.29. The van der Waals surface area contributed by atoms with Crippen LogP contribution in [0.2, 0.25) is 0 Å². The molecule has 0 aromatic rings. The molecule has 3 N–H and O–H groups in total. The normalized spacial score (nSPS) is 12.8. The van der Waals surface area contributed by atoms with E-state index in [0.29, 0.717) is 18.8 Å². The summed E-state index contributed by atoms with van der Waals surface area (Å²) in [4.78, 5) is 49.4. The fourth-order valence-corrected chi connectivity index (χ4v) is 3.76. The van der Waals surface area contributed by atoms with Crippen LogP contribution in [-0.2, 0) is 23.9 Å². The van der Waals surface area contributed by atoms with Gasteiger partial charge in [-0.2, -0.15) is 0 Å². The van der Waals surface area contributed by atoms with E-state index in [1.165, 1.54) is 45.6 Å². The fraction of sp³-hybridized carbons (Fsp3) is 0.852. The second-order valence-electron chi connectivity index (χ2n) is 10.2. The molecule has 0 rings (SSSR count). The van der Waals surface area contributed by atoms with E-state index in [0.717, 1.165) is 25.7 Å². The molecule has 8 nitrogen and oxygen atoms in total. The van der Waals surface area contributed by atoms with Gasteiger partial charge in [0.25, 0.3) is 0 Å². The van der Waals surface area contributed by atoms with E-state index in [9.17, 15) is 19.2 Å². The lowest BCUT2D eigenvalue weighted by molar-refractivity contribution is -0.146. The van der Waals surface area contributed by atoms with Gasteiger partial charge in [0.15, 0.2) is 0 Å². The zero-order valence-electron chi connectivity index (χ0n) is 23.0. The molecule has 2 atom stereocenters. The van der Waals surface area contributed by atoms with Crippen LogP contribution in [0, 0.1) is 11.8 Å². The van der Waals surface area contributed by atoms with E-state index in [-0.39, 0.29) is 18.4 Å². The van der Waals surface area contributed by atoms with Crippen molar-refractivity contribution >= 4 is 23.7 Å². The maximum absolute atomic E-state index is 12.8. The Morgan fingerprint density at radius 2 is 1.31 bits per heavy atom. The maximum Gasteiger partial charge on any atom is 0.328 e. The van der Waals surface area contributed by atoms with Gasteiger partial charge in [-0.05, 0) is 31.1 Å². The molecule has 0 saturated carbocycles. The minimum atomic E-state index is -0.790. The average molecular weight is 498 g/mol. The van der Waals surface area contributed by atoms with Crippen LogP contribution in [0.25, 0.3) is 0 Å². The molecule has 0 aliphatic heterocycles. The SMILES string of the molecule is CCCCCCCCCCCC(=O)NCC(=O)N[C@H](CCC(C)C)C(=O)N[C@H](C(=O)OC)C(C)C. The highest BCUT2D eigenvalue weighted by Crippen LogP contribution is 2.11. The molecule has 35 heavy (non-hydrogen) atoms. The van der Waals surface area contributed by atoms with Crippen molar-refractivity contribution in [1.82, 2.24) is 16.0 Å². The van der Waals surface area contributed by atoms with Crippen LogP contribution in [0.4, 0.5) is 0 Å². The van der Waals surface area contributed by atoms with Gasteiger partial charge in [0.05, 0.1) is 13.7 Å². The number of hydrogen-bond donors (Lipinski definition) is 3. The van der Waals surface area contributed by atoms with Gasteiger partial charge in [-0.1, -0.05) is 86.0 Å². The molecule has 0 spiro atoms. The summed E-state index contributed by atoms with van der Waals surface area (Å²) in [7, 11) is 1.28. The fourth-order valence-electron chi connectivity index (χ4n) is 3.76. The highest BCUT2D eigenvalue weighted by molar-refractivity contribution is 5.92. The average Bonchev–Trinajstić information content (AvgIpc) is 2.81. The minimum absolute atomic E-state index is 0.156. The molecule has 0 radical (unpaired) electrons. The Kier molecular flexibility index (Phi) is 18.9. The lowest BCUT2D eigenvalue weighted by Crippen LogP contribution is -2.54. The Hall–Kier alpha value is -2.12. The molecule has 8 heteroatoms. The van der Waals surface area contributed by atoms with E-state index >= 15 is 0 Å². The monoisotopic (exact) mass is 497 g/mol. The third-order valence-electron chi connectivity index (χ3n) is 6.06. The van der Waals surface area contributed by atoms with Gasteiger partial charge in [-0.25, -0.2) is 4.79 Å². The van der Waals surface area contributed by atoms with Crippen molar-refractivity contribution in [3.63, 3.8) is 0 Å². The largest absolute Gasteiger partial charge is 0.467 e. The predicted octanol–water partition coefficient (Wildman–Crippen LogP) is 4.26. The topological polar surface area (TPSA) is 114 Å². The molecule has 3 amide bonds. The number of carbonyl (C=O) groups excluding carboxylic acids is 4. The predicted molar refractivity (Wildman–Crippen MR) is 140 cm³/mol. The van der Waals surface area contributed by atoms with Crippen LogP contribution >= 0.6 is 0 Å². The number of amides is 3. The van der Waals surface area contributed by atoms with Crippen LogP contribution < -0.4 is 16.0 Å². The number of ether oxygens (including phenoxy) is 1. The molecule has 0 heterocycles. The van der Waals surface area contributed by atoms with Gasteiger partial charge in [-0.15, -0.1) is 0 Å².